The smallest absolute Gasteiger partial charge is 0.252 e. The standard InChI is InChI=1S/C16H20N2OS2/c1-18(2)13(15-9-6-10-21-15)11-17-16(19)12-7-4-5-8-14(12)20-3/h4-10,13H,11H2,1-3H3,(H,17,19)/t13-/m0/s1. The molecule has 21 heavy (non-hydrogen) atoms. The van der Waals surface area contributed by atoms with Gasteiger partial charge in [-0.15, -0.1) is 23.1 Å². The molecule has 0 saturated carbocycles. The van der Waals surface area contributed by atoms with Crippen LogP contribution in [-0.2, 0) is 0 Å². The lowest BCUT2D eigenvalue weighted by molar-refractivity contribution is 0.0939. The van der Waals surface area contributed by atoms with Gasteiger partial charge in [0.1, 0.15) is 0 Å². The summed E-state index contributed by atoms with van der Waals surface area (Å²) < 4.78 is 0. The minimum atomic E-state index is -0.0108. The van der Waals surface area contributed by atoms with Gasteiger partial charge in [0.15, 0.2) is 0 Å². The summed E-state index contributed by atoms with van der Waals surface area (Å²) in [5.41, 5.74) is 0.744. The topological polar surface area (TPSA) is 32.3 Å². The first kappa shape index (κ1) is 16.1. The molecule has 2 rings (SSSR count). The molecule has 0 bridgehead atoms. The summed E-state index contributed by atoms with van der Waals surface area (Å²) in [6.45, 7) is 0.606. The lowest BCUT2D eigenvalue weighted by Crippen LogP contribution is -2.34. The number of amides is 1. The third-order valence-corrected chi connectivity index (χ3v) is 5.07. The van der Waals surface area contributed by atoms with Crippen LogP contribution in [0.1, 0.15) is 21.3 Å². The predicted octanol–water partition coefficient (Wildman–Crippen LogP) is 3.50. The maximum absolute atomic E-state index is 12.4. The highest BCUT2D eigenvalue weighted by atomic mass is 32.2. The van der Waals surface area contributed by atoms with Crippen molar-refractivity contribution >= 4 is 29.0 Å². The largest absolute Gasteiger partial charge is 0.350 e. The second-order valence-corrected chi connectivity index (χ2v) is 6.73. The van der Waals surface area contributed by atoms with Crippen LogP contribution in [0.3, 0.4) is 0 Å². The maximum atomic E-state index is 12.4. The van der Waals surface area contributed by atoms with Gasteiger partial charge in [0.25, 0.3) is 5.91 Å². The molecule has 1 amide bonds. The van der Waals surface area contributed by atoms with E-state index in [-0.39, 0.29) is 11.9 Å². The van der Waals surface area contributed by atoms with Crippen LogP contribution in [0.2, 0.25) is 0 Å². The molecule has 0 fully saturated rings. The van der Waals surface area contributed by atoms with E-state index >= 15 is 0 Å². The Hall–Kier alpha value is -1.30. The van der Waals surface area contributed by atoms with E-state index in [1.165, 1.54) is 4.88 Å². The molecular formula is C16H20N2OS2. The van der Waals surface area contributed by atoms with Crippen molar-refractivity contribution in [3.05, 3.63) is 52.2 Å². The minimum absolute atomic E-state index is 0.0108. The number of hydrogen-bond donors (Lipinski definition) is 1. The van der Waals surface area contributed by atoms with Crippen LogP contribution < -0.4 is 5.32 Å². The van der Waals surface area contributed by atoms with E-state index in [1.807, 2.05) is 50.7 Å². The number of thiophene rings is 1. The van der Waals surface area contributed by atoms with Gasteiger partial charge in [-0.05, 0) is 43.9 Å². The molecule has 0 aliphatic carbocycles. The van der Waals surface area contributed by atoms with Gasteiger partial charge in [0, 0.05) is 16.3 Å². The number of rotatable bonds is 6. The van der Waals surface area contributed by atoms with Crippen molar-refractivity contribution in [1.82, 2.24) is 10.2 Å². The molecule has 0 aliphatic heterocycles. The molecule has 1 aromatic carbocycles. The number of hydrogen-bond acceptors (Lipinski definition) is 4. The highest BCUT2D eigenvalue weighted by molar-refractivity contribution is 7.98. The summed E-state index contributed by atoms with van der Waals surface area (Å²) in [6, 6.07) is 12.1. The highest BCUT2D eigenvalue weighted by Gasteiger charge is 2.17. The number of likely N-dealkylation sites (N-methyl/N-ethyl adjacent to an activating group) is 1. The Balaban J connectivity index is 2.06. The lowest BCUT2D eigenvalue weighted by atomic mass is 10.2. The molecule has 1 heterocycles. The van der Waals surface area contributed by atoms with Gasteiger partial charge in [0.2, 0.25) is 0 Å². The molecule has 2 aromatic rings. The number of thioether (sulfide) groups is 1. The van der Waals surface area contributed by atoms with Crippen LogP contribution in [0.5, 0.6) is 0 Å². The third-order valence-electron chi connectivity index (χ3n) is 3.30. The second-order valence-electron chi connectivity index (χ2n) is 4.91. The van der Waals surface area contributed by atoms with Crippen molar-refractivity contribution in [1.29, 1.82) is 0 Å². The van der Waals surface area contributed by atoms with Gasteiger partial charge in [-0.3, -0.25) is 4.79 Å². The van der Waals surface area contributed by atoms with Crippen LogP contribution >= 0.6 is 23.1 Å². The van der Waals surface area contributed by atoms with Crippen LogP contribution in [0, 0.1) is 0 Å². The molecular weight excluding hydrogens is 300 g/mol. The third kappa shape index (κ3) is 4.09. The number of nitrogens with zero attached hydrogens (tertiary/aromatic N) is 1. The molecule has 5 heteroatoms. The summed E-state index contributed by atoms with van der Waals surface area (Å²) in [6.07, 6.45) is 1.99. The fraction of sp³-hybridized carbons (Fsp3) is 0.312. The highest BCUT2D eigenvalue weighted by Crippen LogP contribution is 2.23. The number of carbonyl (C=O) groups is 1. The van der Waals surface area contributed by atoms with Crippen molar-refractivity contribution in [2.75, 3.05) is 26.9 Å². The van der Waals surface area contributed by atoms with Gasteiger partial charge in [-0.2, -0.15) is 0 Å². The van der Waals surface area contributed by atoms with Gasteiger partial charge in [0.05, 0.1) is 11.6 Å². The van der Waals surface area contributed by atoms with E-state index in [1.54, 1.807) is 23.1 Å². The Morgan fingerprint density at radius 1 is 1.29 bits per heavy atom. The van der Waals surface area contributed by atoms with Crippen LogP contribution in [-0.4, -0.2) is 37.7 Å². The van der Waals surface area contributed by atoms with Crippen molar-refractivity contribution < 1.29 is 4.79 Å². The van der Waals surface area contributed by atoms with E-state index in [2.05, 4.69) is 21.7 Å². The van der Waals surface area contributed by atoms with Gasteiger partial charge in [-0.1, -0.05) is 18.2 Å². The molecule has 3 nitrogen and oxygen atoms in total. The van der Waals surface area contributed by atoms with E-state index in [0.29, 0.717) is 6.54 Å². The van der Waals surface area contributed by atoms with E-state index in [4.69, 9.17) is 0 Å². The molecule has 0 unspecified atom stereocenters. The minimum Gasteiger partial charge on any atom is -0.350 e. The normalized spacial score (nSPS) is 12.4. The molecule has 1 atom stereocenters. The fourth-order valence-corrected chi connectivity index (χ4v) is 3.65. The van der Waals surface area contributed by atoms with Crippen molar-refractivity contribution in [3.8, 4) is 0 Å². The maximum Gasteiger partial charge on any atom is 0.252 e. The Morgan fingerprint density at radius 3 is 2.67 bits per heavy atom. The molecule has 0 radical (unpaired) electrons. The monoisotopic (exact) mass is 320 g/mol. The Morgan fingerprint density at radius 2 is 2.05 bits per heavy atom. The zero-order valence-electron chi connectivity index (χ0n) is 12.5. The van der Waals surface area contributed by atoms with Crippen LogP contribution in [0.4, 0.5) is 0 Å². The summed E-state index contributed by atoms with van der Waals surface area (Å²) in [5, 5.41) is 5.12. The first-order valence-electron chi connectivity index (χ1n) is 6.74. The lowest BCUT2D eigenvalue weighted by Gasteiger charge is -2.23. The molecule has 0 aliphatic rings. The Bertz CT molecular complexity index is 582. The van der Waals surface area contributed by atoms with Crippen molar-refractivity contribution in [3.63, 3.8) is 0 Å². The van der Waals surface area contributed by atoms with Crippen LogP contribution in [0.25, 0.3) is 0 Å². The number of benzene rings is 1. The average molecular weight is 320 g/mol. The van der Waals surface area contributed by atoms with Gasteiger partial charge < -0.3 is 10.2 Å². The molecule has 0 saturated heterocycles. The molecule has 112 valence electrons. The predicted molar refractivity (Wildman–Crippen MR) is 91.3 cm³/mol. The summed E-state index contributed by atoms with van der Waals surface area (Å²) in [5.74, 6) is -0.0108. The van der Waals surface area contributed by atoms with Gasteiger partial charge >= 0.3 is 0 Å². The molecule has 0 spiro atoms. The summed E-state index contributed by atoms with van der Waals surface area (Å²) in [7, 11) is 4.07. The summed E-state index contributed by atoms with van der Waals surface area (Å²) in [4.78, 5) is 16.8. The zero-order valence-corrected chi connectivity index (χ0v) is 14.1. The quantitative estimate of drug-likeness (QED) is 0.827. The zero-order chi connectivity index (χ0) is 15.2. The first-order chi connectivity index (χ1) is 10.1. The SMILES string of the molecule is CSc1ccccc1C(=O)NC[C@@H](c1cccs1)N(C)C. The van der Waals surface area contributed by atoms with Crippen molar-refractivity contribution in [2.24, 2.45) is 0 Å². The fourth-order valence-electron chi connectivity index (χ4n) is 2.14. The van der Waals surface area contributed by atoms with Gasteiger partial charge in [-0.25, -0.2) is 0 Å². The second kappa shape index (κ2) is 7.64. The number of nitrogens with one attached hydrogen (secondary N) is 1. The first-order valence-corrected chi connectivity index (χ1v) is 8.85. The Labute approximate surface area is 134 Å². The average Bonchev–Trinajstić information content (AvgIpc) is 3.01. The number of carbonyl (C=O) groups excluding carboxylic acids is 1. The Kier molecular flexibility index (Phi) is 5.85. The van der Waals surface area contributed by atoms with E-state index < -0.39 is 0 Å². The molecule has 1 aromatic heterocycles. The van der Waals surface area contributed by atoms with Crippen LogP contribution in [0.15, 0.2) is 46.7 Å². The van der Waals surface area contributed by atoms with E-state index in [0.717, 1.165) is 10.5 Å². The molecule has 1 N–H and O–H groups in total. The van der Waals surface area contributed by atoms with E-state index in [9.17, 15) is 4.79 Å². The van der Waals surface area contributed by atoms with Crippen molar-refractivity contribution in [2.45, 2.75) is 10.9 Å². The summed E-state index contributed by atoms with van der Waals surface area (Å²) >= 11 is 3.31.